The number of aliphatic imine (C=N–C) groups is 1. The number of carbonyl (C=O) groups excluding carboxylic acids is 1. The van der Waals surface area contributed by atoms with Crippen molar-refractivity contribution in [1.82, 2.24) is 5.32 Å². The van der Waals surface area contributed by atoms with Gasteiger partial charge in [0.1, 0.15) is 5.75 Å². The minimum Gasteiger partial charge on any atom is -0.494 e. The van der Waals surface area contributed by atoms with Crippen LogP contribution in [0.5, 0.6) is 5.75 Å². The summed E-state index contributed by atoms with van der Waals surface area (Å²) in [5, 5.41) is 12.1. The first-order valence-electron chi connectivity index (χ1n) is 12.6. The Morgan fingerprint density at radius 2 is 1.68 bits per heavy atom. The zero-order valence-corrected chi connectivity index (χ0v) is 21.1. The summed E-state index contributed by atoms with van der Waals surface area (Å²) < 4.78 is 17.3. The largest absolute Gasteiger partial charge is 0.494 e. The number of rotatable bonds is 13. The molecule has 0 radical (unpaired) electrons. The highest BCUT2D eigenvalue weighted by molar-refractivity contribution is 6.01. The fourth-order valence-corrected chi connectivity index (χ4v) is 4.39. The topological polar surface area (TPSA) is 89.4 Å². The molecule has 37 heavy (non-hydrogen) atoms. The molecular weight excluding hydrogens is 468 g/mol. The molecule has 0 fully saturated rings. The van der Waals surface area contributed by atoms with Gasteiger partial charge in [0.15, 0.2) is 11.6 Å². The summed E-state index contributed by atoms with van der Waals surface area (Å²) >= 11 is 0. The Morgan fingerprint density at radius 1 is 0.973 bits per heavy atom. The lowest BCUT2D eigenvalue weighted by molar-refractivity contribution is -0.129. The van der Waals surface area contributed by atoms with Crippen LogP contribution in [0.3, 0.4) is 0 Å². The van der Waals surface area contributed by atoms with Crippen molar-refractivity contribution in [2.45, 2.75) is 30.9 Å². The Hall–Kier alpha value is -3.68. The molecule has 7 nitrogen and oxygen atoms in total. The lowest BCUT2D eigenvalue weighted by Crippen LogP contribution is -2.50. The summed E-state index contributed by atoms with van der Waals surface area (Å²) in [6.45, 7) is 1.56. The first kappa shape index (κ1) is 26.4. The first-order valence-corrected chi connectivity index (χ1v) is 12.6. The average Bonchev–Trinajstić information content (AvgIpc) is 3.33. The molecule has 7 heteroatoms. The van der Waals surface area contributed by atoms with Crippen LogP contribution in [-0.4, -0.2) is 55.9 Å². The number of nitrogens with zero attached hydrogens (tertiary/aromatic N) is 1. The summed E-state index contributed by atoms with van der Waals surface area (Å²) in [6, 6.07) is 27.1. The van der Waals surface area contributed by atoms with Crippen molar-refractivity contribution >= 4 is 11.8 Å². The molecule has 1 amide bonds. The molecule has 0 aromatic heterocycles. The third kappa shape index (κ3) is 6.56. The second-order valence-corrected chi connectivity index (χ2v) is 8.96. The van der Waals surface area contributed by atoms with E-state index >= 15 is 0 Å². The van der Waals surface area contributed by atoms with Gasteiger partial charge in [-0.2, -0.15) is 0 Å². The van der Waals surface area contributed by atoms with Crippen molar-refractivity contribution in [2.75, 3.05) is 33.5 Å². The SMILES string of the molecule is COCCCNC(=O)[C@]1(Cc2ccccc2)N=C(c2ccc(OCCCO)cc2)O[C@@H]1c1ccccc1. The number of hydrogen-bond donors (Lipinski definition) is 2. The van der Waals surface area contributed by atoms with E-state index in [0.717, 1.165) is 16.7 Å². The highest BCUT2D eigenvalue weighted by Gasteiger charge is 2.53. The van der Waals surface area contributed by atoms with Crippen LogP contribution in [-0.2, 0) is 20.7 Å². The van der Waals surface area contributed by atoms with Gasteiger partial charge in [-0.1, -0.05) is 60.7 Å². The fraction of sp³-hybridized carbons (Fsp3) is 0.333. The van der Waals surface area contributed by atoms with Gasteiger partial charge in [0.25, 0.3) is 5.91 Å². The smallest absolute Gasteiger partial charge is 0.252 e. The van der Waals surface area contributed by atoms with Crippen molar-refractivity contribution in [1.29, 1.82) is 0 Å². The van der Waals surface area contributed by atoms with Gasteiger partial charge in [-0.25, -0.2) is 4.99 Å². The molecular formula is C30H34N2O5. The van der Waals surface area contributed by atoms with Crippen molar-refractivity contribution in [3.63, 3.8) is 0 Å². The molecule has 2 atom stereocenters. The molecule has 0 spiro atoms. The van der Waals surface area contributed by atoms with E-state index in [1.165, 1.54) is 0 Å². The third-order valence-corrected chi connectivity index (χ3v) is 6.26. The molecule has 1 heterocycles. The summed E-state index contributed by atoms with van der Waals surface area (Å²) in [5.41, 5.74) is 1.45. The number of aliphatic hydroxyl groups is 1. The number of methoxy groups -OCH3 is 1. The number of aliphatic hydroxyl groups excluding tert-OH is 1. The van der Waals surface area contributed by atoms with E-state index in [1.54, 1.807) is 7.11 Å². The summed E-state index contributed by atoms with van der Waals surface area (Å²) in [6.07, 6.45) is 1.05. The normalized spacial score (nSPS) is 18.6. The number of nitrogens with one attached hydrogen (secondary N) is 1. The third-order valence-electron chi connectivity index (χ3n) is 6.26. The van der Waals surface area contributed by atoms with E-state index in [1.807, 2.05) is 84.9 Å². The van der Waals surface area contributed by atoms with Crippen LogP contribution in [0.25, 0.3) is 0 Å². The lowest BCUT2D eigenvalue weighted by Gasteiger charge is -2.31. The van der Waals surface area contributed by atoms with Crippen LogP contribution >= 0.6 is 0 Å². The van der Waals surface area contributed by atoms with Crippen LogP contribution in [0.4, 0.5) is 0 Å². The maximum absolute atomic E-state index is 13.9. The zero-order valence-electron chi connectivity index (χ0n) is 21.1. The van der Waals surface area contributed by atoms with Crippen LogP contribution < -0.4 is 10.1 Å². The van der Waals surface area contributed by atoms with Crippen molar-refractivity contribution in [3.05, 3.63) is 102 Å². The number of hydrogen-bond acceptors (Lipinski definition) is 6. The van der Waals surface area contributed by atoms with E-state index in [-0.39, 0.29) is 12.5 Å². The second-order valence-electron chi connectivity index (χ2n) is 8.96. The predicted molar refractivity (Wildman–Crippen MR) is 143 cm³/mol. The first-order chi connectivity index (χ1) is 18.2. The van der Waals surface area contributed by atoms with E-state index in [9.17, 15) is 4.79 Å². The van der Waals surface area contributed by atoms with Gasteiger partial charge >= 0.3 is 0 Å². The number of benzene rings is 3. The molecule has 0 aliphatic carbocycles. The highest BCUT2D eigenvalue weighted by Crippen LogP contribution is 2.42. The second kappa shape index (κ2) is 13.0. The van der Waals surface area contributed by atoms with Crippen LogP contribution in [0.15, 0.2) is 89.9 Å². The Bertz CT molecular complexity index is 1150. The Balaban J connectivity index is 1.70. The molecule has 2 N–H and O–H groups in total. The molecule has 4 rings (SSSR count). The van der Waals surface area contributed by atoms with E-state index in [2.05, 4.69) is 5.32 Å². The maximum atomic E-state index is 13.9. The van der Waals surface area contributed by atoms with Crippen molar-refractivity contribution in [3.8, 4) is 5.75 Å². The van der Waals surface area contributed by atoms with E-state index in [4.69, 9.17) is 24.3 Å². The molecule has 3 aromatic rings. The average molecular weight is 503 g/mol. The Kier molecular flexibility index (Phi) is 9.29. The lowest BCUT2D eigenvalue weighted by atomic mass is 9.82. The molecule has 3 aromatic carbocycles. The van der Waals surface area contributed by atoms with Crippen LogP contribution in [0.1, 0.15) is 35.6 Å². The maximum Gasteiger partial charge on any atom is 0.252 e. The van der Waals surface area contributed by atoms with Gasteiger partial charge in [-0.3, -0.25) is 4.79 Å². The molecule has 0 bridgehead atoms. The van der Waals surface area contributed by atoms with E-state index < -0.39 is 11.6 Å². The summed E-state index contributed by atoms with van der Waals surface area (Å²) in [5.74, 6) is 0.931. The monoisotopic (exact) mass is 502 g/mol. The van der Waals surface area contributed by atoms with Gasteiger partial charge in [-0.15, -0.1) is 0 Å². The zero-order chi connectivity index (χ0) is 25.9. The number of ether oxygens (including phenoxy) is 3. The summed E-state index contributed by atoms with van der Waals surface area (Å²) in [7, 11) is 1.65. The molecule has 1 aliphatic heterocycles. The number of carbonyl (C=O) groups is 1. The minimum atomic E-state index is -1.19. The predicted octanol–water partition coefficient (Wildman–Crippen LogP) is 4.10. The highest BCUT2D eigenvalue weighted by atomic mass is 16.5. The Labute approximate surface area is 218 Å². The van der Waals surface area contributed by atoms with Crippen molar-refractivity contribution in [2.24, 2.45) is 4.99 Å². The summed E-state index contributed by atoms with van der Waals surface area (Å²) in [4.78, 5) is 18.9. The van der Waals surface area contributed by atoms with Gasteiger partial charge in [0.05, 0.1) is 6.61 Å². The molecule has 0 saturated heterocycles. The van der Waals surface area contributed by atoms with Crippen LogP contribution in [0, 0.1) is 0 Å². The molecule has 194 valence electrons. The van der Waals surface area contributed by atoms with Gasteiger partial charge < -0.3 is 24.6 Å². The number of amides is 1. The standard InChI is InChI=1S/C30H34N2O5/c1-35-20-8-18-31-29(34)30(22-23-10-4-2-5-11-23)27(24-12-6-3-7-13-24)37-28(32-30)25-14-16-26(17-15-25)36-21-9-19-33/h2-7,10-17,27,33H,8-9,18-22H2,1H3,(H,31,34)/t27-,30-/m1/s1. The van der Waals surface area contributed by atoms with Gasteiger partial charge in [0.2, 0.25) is 5.90 Å². The minimum absolute atomic E-state index is 0.0840. The van der Waals surface area contributed by atoms with Crippen molar-refractivity contribution < 1.29 is 24.1 Å². The Morgan fingerprint density at radius 3 is 2.35 bits per heavy atom. The molecule has 0 unspecified atom stereocenters. The van der Waals surface area contributed by atoms with Gasteiger partial charge in [0, 0.05) is 45.3 Å². The van der Waals surface area contributed by atoms with Crippen LogP contribution in [0.2, 0.25) is 0 Å². The van der Waals surface area contributed by atoms with Gasteiger partial charge in [-0.05, 0) is 41.8 Å². The fourth-order valence-electron chi connectivity index (χ4n) is 4.39. The quantitative estimate of drug-likeness (QED) is 0.344. The molecule has 0 saturated carbocycles. The molecule has 1 aliphatic rings. The van der Waals surface area contributed by atoms with E-state index in [0.29, 0.717) is 50.7 Å².